The Hall–Kier alpha value is -0.220. The predicted octanol–water partition coefficient (Wildman–Crippen LogP) is 3.26. The monoisotopic (exact) mass is 311 g/mol. The normalized spacial score (nSPS) is 13.6. The predicted molar refractivity (Wildman–Crippen MR) is 66.6 cm³/mol. The van der Waals surface area contributed by atoms with Crippen molar-refractivity contribution in [1.29, 1.82) is 0 Å². The van der Waals surface area contributed by atoms with Crippen LogP contribution in [-0.2, 0) is 11.0 Å². The van der Waals surface area contributed by atoms with E-state index in [9.17, 15) is 0 Å². The lowest BCUT2D eigenvalue weighted by molar-refractivity contribution is 0.405. The molecule has 0 radical (unpaired) electrons. The Morgan fingerprint density at radius 1 is 1.50 bits per heavy atom. The fourth-order valence-electron chi connectivity index (χ4n) is 1.41. The van der Waals surface area contributed by atoms with Crippen LogP contribution in [0.15, 0.2) is 22.8 Å². The summed E-state index contributed by atoms with van der Waals surface area (Å²) in [5.74, 6) is 1.78. The fourth-order valence-corrected chi connectivity index (χ4v) is 2.05. The van der Waals surface area contributed by atoms with Gasteiger partial charge in [-0.1, -0.05) is 29.8 Å². The number of hydrogen-bond acceptors (Lipinski definition) is 2. The Labute approximate surface area is 105 Å². The summed E-state index contributed by atoms with van der Waals surface area (Å²) in [5, 5.41) is 0. The molecule has 2 N–H and O–H groups in total. The minimum atomic E-state index is -2.87. The maximum absolute atomic E-state index is 8.70. The van der Waals surface area contributed by atoms with E-state index in [4.69, 9.17) is 18.8 Å². The zero-order valence-electron chi connectivity index (χ0n) is 9.34. The van der Waals surface area contributed by atoms with Crippen molar-refractivity contribution in [1.82, 2.24) is 0 Å². The average molecular weight is 312 g/mol. The Balaban J connectivity index is 0.000000487. The van der Waals surface area contributed by atoms with Crippen molar-refractivity contribution in [3.63, 3.8) is 0 Å². The molecule has 1 heterocycles. The van der Waals surface area contributed by atoms with Crippen molar-refractivity contribution >= 4 is 24.2 Å². The Kier molecular flexibility index (Phi) is 8.76. The molecular weight excluding hydrogens is 295 g/mol. The number of alkyl halides is 1. The summed E-state index contributed by atoms with van der Waals surface area (Å²) < 4.78 is 14.0. The molecule has 0 spiro atoms. The first-order valence-corrected chi connectivity index (χ1v) is 7.01. The van der Waals surface area contributed by atoms with E-state index in [1.54, 1.807) is 6.26 Å². The topological polar surface area (TPSA) is 70.7 Å². The van der Waals surface area contributed by atoms with Crippen molar-refractivity contribution in [2.24, 2.45) is 5.92 Å². The van der Waals surface area contributed by atoms with Crippen molar-refractivity contribution in [3.8, 4) is 0 Å². The molecule has 4 nitrogen and oxygen atoms in total. The summed E-state index contributed by atoms with van der Waals surface area (Å²) in [7, 11) is -2.87. The SMILES string of the molecule is CC(Br)CC(C)Cc1ccco1.O=[P+](O)O. The average Bonchev–Trinajstić information content (AvgIpc) is 2.53. The van der Waals surface area contributed by atoms with Crippen molar-refractivity contribution in [2.75, 3.05) is 0 Å². The highest BCUT2D eigenvalue weighted by Crippen LogP contribution is 2.17. The van der Waals surface area contributed by atoms with E-state index in [0.717, 1.165) is 12.2 Å². The second kappa shape index (κ2) is 8.88. The van der Waals surface area contributed by atoms with Gasteiger partial charge in [0.25, 0.3) is 0 Å². The summed E-state index contributed by atoms with van der Waals surface area (Å²) in [6.45, 7) is 4.43. The Bertz CT molecular complexity index is 283. The third-order valence-electron chi connectivity index (χ3n) is 1.86. The summed E-state index contributed by atoms with van der Waals surface area (Å²) in [6.07, 6.45) is 3.98. The number of hydrogen-bond donors (Lipinski definition) is 2. The lowest BCUT2D eigenvalue weighted by atomic mass is 10.0. The van der Waals surface area contributed by atoms with Gasteiger partial charge in [-0.2, -0.15) is 0 Å². The molecule has 0 aromatic carbocycles. The number of halogens is 1. The summed E-state index contributed by atoms with van der Waals surface area (Å²) in [4.78, 5) is 14.8. The molecule has 2 unspecified atom stereocenters. The standard InChI is InChI=1S/C10H15BrO.HO3P/c1-8(6-9(2)11)7-10-4-3-5-12-10;1-4(2)3/h3-5,8-9H,6-7H2,1-2H3;(H-,1,2,3)/p+1. The van der Waals surface area contributed by atoms with Gasteiger partial charge < -0.3 is 4.42 Å². The maximum Gasteiger partial charge on any atom is 0.692 e. The smallest absolute Gasteiger partial charge is 0.469 e. The van der Waals surface area contributed by atoms with Gasteiger partial charge in [0.15, 0.2) is 0 Å². The first-order chi connectivity index (χ1) is 7.41. The van der Waals surface area contributed by atoms with Crippen LogP contribution in [0, 0.1) is 5.92 Å². The summed E-state index contributed by atoms with van der Waals surface area (Å²) in [5.41, 5.74) is 0. The van der Waals surface area contributed by atoms with Crippen LogP contribution < -0.4 is 0 Å². The van der Waals surface area contributed by atoms with Crippen molar-refractivity contribution in [2.45, 2.75) is 31.5 Å². The third-order valence-corrected chi connectivity index (χ3v) is 2.23. The van der Waals surface area contributed by atoms with Crippen LogP contribution in [0.3, 0.4) is 0 Å². The molecular formula is C10H17BrO4P+. The van der Waals surface area contributed by atoms with Gasteiger partial charge in [-0.05, 0) is 24.5 Å². The minimum Gasteiger partial charge on any atom is -0.469 e. The van der Waals surface area contributed by atoms with E-state index in [1.807, 2.05) is 12.1 Å². The van der Waals surface area contributed by atoms with E-state index in [1.165, 1.54) is 6.42 Å². The zero-order chi connectivity index (χ0) is 12.6. The lowest BCUT2D eigenvalue weighted by Gasteiger charge is -2.10. The van der Waals surface area contributed by atoms with E-state index in [2.05, 4.69) is 29.8 Å². The molecule has 0 bridgehead atoms. The molecule has 0 aliphatic heterocycles. The molecule has 0 saturated carbocycles. The Morgan fingerprint density at radius 2 is 2.06 bits per heavy atom. The van der Waals surface area contributed by atoms with Crippen LogP contribution in [0.25, 0.3) is 0 Å². The first kappa shape index (κ1) is 15.8. The molecule has 0 aliphatic carbocycles. The van der Waals surface area contributed by atoms with E-state index >= 15 is 0 Å². The van der Waals surface area contributed by atoms with Crippen LogP contribution in [0.1, 0.15) is 26.0 Å². The molecule has 1 rings (SSSR count). The highest BCUT2D eigenvalue weighted by atomic mass is 79.9. The van der Waals surface area contributed by atoms with Gasteiger partial charge in [-0.3, -0.25) is 0 Å². The Morgan fingerprint density at radius 3 is 2.44 bits per heavy atom. The molecule has 1 aromatic rings. The molecule has 0 fully saturated rings. The largest absolute Gasteiger partial charge is 0.692 e. The van der Waals surface area contributed by atoms with E-state index in [0.29, 0.717) is 10.7 Å². The van der Waals surface area contributed by atoms with Gasteiger partial charge in [-0.25, -0.2) is 0 Å². The van der Waals surface area contributed by atoms with Gasteiger partial charge >= 0.3 is 8.25 Å². The third kappa shape index (κ3) is 10.3. The highest BCUT2D eigenvalue weighted by molar-refractivity contribution is 9.09. The van der Waals surface area contributed by atoms with Crippen molar-refractivity contribution in [3.05, 3.63) is 24.2 Å². The first-order valence-electron chi connectivity index (χ1n) is 4.93. The zero-order valence-corrected chi connectivity index (χ0v) is 11.8. The van der Waals surface area contributed by atoms with Crippen LogP contribution in [0.4, 0.5) is 0 Å². The maximum atomic E-state index is 8.70. The summed E-state index contributed by atoms with van der Waals surface area (Å²) >= 11 is 3.55. The molecule has 2 atom stereocenters. The quantitative estimate of drug-likeness (QED) is 0.661. The molecule has 6 heteroatoms. The second-order valence-electron chi connectivity index (χ2n) is 3.66. The molecule has 92 valence electrons. The van der Waals surface area contributed by atoms with Gasteiger partial charge in [0, 0.05) is 15.8 Å². The highest BCUT2D eigenvalue weighted by Gasteiger charge is 2.08. The van der Waals surface area contributed by atoms with E-state index < -0.39 is 8.25 Å². The molecule has 16 heavy (non-hydrogen) atoms. The van der Waals surface area contributed by atoms with Crippen LogP contribution >= 0.6 is 24.2 Å². The lowest BCUT2D eigenvalue weighted by Crippen LogP contribution is -2.04. The molecule has 0 amide bonds. The van der Waals surface area contributed by atoms with Gasteiger partial charge in [0.05, 0.1) is 6.26 Å². The van der Waals surface area contributed by atoms with Crippen LogP contribution in [0.2, 0.25) is 0 Å². The summed E-state index contributed by atoms with van der Waals surface area (Å²) in [6, 6.07) is 3.98. The second-order valence-corrected chi connectivity index (χ2v) is 5.73. The van der Waals surface area contributed by atoms with E-state index in [-0.39, 0.29) is 0 Å². The molecule has 0 aliphatic rings. The number of furan rings is 1. The van der Waals surface area contributed by atoms with Gasteiger partial charge in [-0.15, -0.1) is 9.79 Å². The van der Waals surface area contributed by atoms with Crippen molar-refractivity contribution < 1.29 is 18.8 Å². The van der Waals surface area contributed by atoms with Crippen LogP contribution in [-0.4, -0.2) is 14.6 Å². The molecule has 1 aromatic heterocycles. The molecule has 0 saturated heterocycles. The van der Waals surface area contributed by atoms with Crippen LogP contribution in [0.5, 0.6) is 0 Å². The number of rotatable bonds is 4. The minimum absolute atomic E-state index is 0.600. The van der Waals surface area contributed by atoms with Gasteiger partial charge in [0.2, 0.25) is 0 Å². The fraction of sp³-hybridized carbons (Fsp3) is 0.600. The van der Waals surface area contributed by atoms with Gasteiger partial charge in [0.1, 0.15) is 5.76 Å².